The van der Waals surface area contributed by atoms with Crippen molar-refractivity contribution in [2.45, 2.75) is 26.9 Å². The van der Waals surface area contributed by atoms with E-state index in [-0.39, 0.29) is 5.91 Å². The van der Waals surface area contributed by atoms with Crippen LogP contribution in [0.4, 0.5) is 5.69 Å². The molecule has 1 saturated heterocycles. The van der Waals surface area contributed by atoms with Crippen LogP contribution in [0.1, 0.15) is 18.1 Å². The van der Waals surface area contributed by atoms with Gasteiger partial charge in [-0.3, -0.25) is 4.79 Å². The van der Waals surface area contributed by atoms with Crippen LogP contribution in [0.15, 0.2) is 42.5 Å². The Morgan fingerprint density at radius 3 is 2.26 bits per heavy atom. The summed E-state index contributed by atoms with van der Waals surface area (Å²) in [5.74, 6) is 1.65. The van der Waals surface area contributed by atoms with Crippen LogP contribution < -0.4 is 14.4 Å². The van der Waals surface area contributed by atoms with Gasteiger partial charge in [0.2, 0.25) is 0 Å². The van der Waals surface area contributed by atoms with Crippen molar-refractivity contribution in [2.24, 2.45) is 0 Å². The van der Waals surface area contributed by atoms with Gasteiger partial charge >= 0.3 is 0 Å². The quantitative estimate of drug-likeness (QED) is 0.811. The van der Waals surface area contributed by atoms with Crippen molar-refractivity contribution >= 4 is 11.6 Å². The maximum absolute atomic E-state index is 12.8. The zero-order chi connectivity index (χ0) is 19.4. The molecular formula is C22H28N2O3. The number of carbonyl (C=O) groups is 1. The van der Waals surface area contributed by atoms with Crippen LogP contribution in [0, 0.1) is 13.8 Å². The predicted octanol–water partition coefficient (Wildman–Crippen LogP) is 3.43. The molecule has 1 atom stereocenters. The predicted molar refractivity (Wildman–Crippen MR) is 108 cm³/mol. The number of aryl methyl sites for hydroxylation is 2. The van der Waals surface area contributed by atoms with Crippen LogP contribution >= 0.6 is 0 Å². The second-order valence-corrected chi connectivity index (χ2v) is 7.07. The lowest BCUT2D eigenvalue weighted by Gasteiger charge is -2.37. The molecule has 5 nitrogen and oxygen atoms in total. The van der Waals surface area contributed by atoms with E-state index in [1.54, 1.807) is 7.11 Å². The lowest BCUT2D eigenvalue weighted by Crippen LogP contribution is -2.52. The van der Waals surface area contributed by atoms with Crippen molar-refractivity contribution in [3.8, 4) is 11.5 Å². The van der Waals surface area contributed by atoms with Crippen LogP contribution in [0.2, 0.25) is 0 Å². The number of ether oxygens (including phenoxy) is 2. The van der Waals surface area contributed by atoms with Gasteiger partial charge in [0.1, 0.15) is 11.5 Å². The summed E-state index contributed by atoms with van der Waals surface area (Å²) in [5.41, 5.74) is 3.34. The molecule has 2 aromatic rings. The van der Waals surface area contributed by atoms with Gasteiger partial charge in [-0.1, -0.05) is 18.2 Å². The standard InChI is InChI=1S/C22H28N2O3/c1-16-13-17(2)15-19(14-16)27-18(3)22(25)24-11-9-23(10-12-24)20-7-5-6-8-21(20)26-4/h5-8,13-15,18H,9-12H2,1-4H3/t18-/m1/s1. The third-order valence-corrected chi connectivity index (χ3v) is 4.87. The van der Waals surface area contributed by atoms with Crippen molar-refractivity contribution in [3.63, 3.8) is 0 Å². The largest absolute Gasteiger partial charge is 0.495 e. The number of anilines is 1. The number of hydrogen-bond acceptors (Lipinski definition) is 4. The van der Waals surface area contributed by atoms with Crippen LogP contribution in [0.3, 0.4) is 0 Å². The molecule has 5 heteroatoms. The fraction of sp³-hybridized carbons (Fsp3) is 0.409. The topological polar surface area (TPSA) is 42.0 Å². The number of methoxy groups -OCH3 is 1. The summed E-state index contributed by atoms with van der Waals surface area (Å²) < 4.78 is 11.4. The minimum absolute atomic E-state index is 0.0360. The minimum Gasteiger partial charge on any atom is -0.495 e. The normalized spacial score (nSPS) is 15.4. The van der Waals surface area contributed by atoms with Gasteiger partial charge in [0.05, 0.1) is 12.8 Å². The highest BCUT2D eigenvalue weighted by Crippen LogP contribution is 2.28. The minimum atomic E-state index is -0.496. The highest BCUT2D eigenvalue weighted by molar-refractivity contribution is 5.81. The van der Waals surface area contributed by atoms with Gasteiger partial charge in [0, 0.05) is 26.2 Å². The molecule has 1 aliphatic rings. The van der Waals surface area contributed by atoms with E-state index in [4.69, 9.17) is 9.47 Å². The van der Waals surface area contributed by atoms with Crippen molar-refractivity contribution in [2.75, 3.05) is 38.2 Å². The Labute approximate surface area is 161 Å². The maximum atomic E-state index is 12.8. The van der Waals surface area contributed by atoms with E-state index in [0.29, 0.717) is 13.1 Å². The van der Waals surface area contributed by atoms with E-state index in [1.165, 1.54) is 0 Å². The van der Waals surface area contributed by atoms with Gasteiger partial charge in [0.25, 0.3) is 5.91 Å². The number of para-hydroxylation sites is 2. The molecule has 27 heavy (non-hydrogen) atoms. The molecule has 0 saturated carbocycles. The Hall–Kier alpha value is -2.69. The number of amides is 1. The van der Waals surface area contributed by atoms with Gasteiger partial charge < -0.3 is 19.3 Å². The summed E-state index contributed by atoms with van der Waals surface area (Å²) in [4.78, 5) is 16.9. The first-order valence-corrected chi connectivity index (χ1v) is 9.39. The van der Waals surface area contributed by atoms with Crippen LogP contribution in [0.25, 0.3) is 0 Å². The number of hydrogen-bond donors (Lipinski definition) is 0. The second-order valence-electron chi connectivity index (χ2n) is 7.07. The highest BCUT2D eigenvalue weighted by atomic mass is 16.5. The van der Waals surface area contributed by atoms with E-state index in [9.17, 15) is 4.79 Å². The lowest BCUT2D eigenvalue weighted by atomic mass is 10.1. The third kappa shape index (κ3) is 4.54. The molecule has 0 bridgehead atoms. The molecule has 0 spiro atoms. The van der Waals surface area contributed by atoms with Crippen molar-refractivity contribution < 1.29 is 14.3 Å². The Bertz CT molecular complexity index is 778. The average Bonchev–Trinajstić information content (AvgIpc) is 2.66. The molecule has 144 valence electrons. The molecule has 2 aromatic carbocycles. The molecule has 0 N–H and O–H groups in total. The molecule has 0 aliphatic carbocycles. The molecule has 1 aliphatic heterocycles. The van der Waals surface area contributed by atoms with E-state index >= 15 is 0 Å². The number of piperazine rings is 1. The summed E-state index contributed by atoms with van der Waals surface area (Å²) in [7, 11) is 1.69. The first-order chi connectivity index (χ1) is 13.0. The monoisotopic (exact) mass is 368 g/mol. The fourth-order valence-electron chi connectivity index (χ4n) is 3.57. The fourth-order valence-corrected chi connectivity index (χ4v) is 3.57. The number of benzene rings is 2. The van der Waals surface area contributed by atoms with Crippen molar-refractivity contribution in [3.05, 3.63) is 53.6 Å². The van der Waals surface area contributed by atoms with Crippen molar-refractivity contribution in [1.82, 2.24) is 4.90 Å². The summed E-state index contributed by atoms with van der Waals surface area (Å²) in [6.45, 7) is 8.80. The number of rotatable bonds is 5. The van der Waals surface area contributed by atoms with E-state index in [2.05, 4.69) is 17.0 Å². The molecule has 1 amide bonds. The lowest BCUT2D eigenvalue weighted by molar-refractivity contribution is -0.138. The second kappa shape index (κ2) is 8.33. The van der Waals surface area contributed by atoms with E-state index in [0.717, 1.165) is 41.4 Å². The van der Waals surface area contributed by atoms with Gasteiger partial charge in [-0.25, -0.2) is 0 Å². The molecule has 1 fully saturated rings. The number of carbonyl (C=O) groups excluding carboxylic acids is 1. The maximum Gasteiger partial charge on any atom is 0.263 e. The Morgan fingerprint density at radius 2 is 1.63 bits per heavy atom. The van der Waals surface area contributed by atoms with E-state index < -0.39 is 6.10 Å². The Morgan fingerprint density at radius 1 is 1.00 bits per heavy atom. The summed E-state index contributed by atoms with van der Waals surface area (Å²) >= 11 is 0. The Kier molecular flexibility index (Phi) is 5.89. The zero-order valence-corrected chi connectivity index (χ0v) is 16.6. The third-order valence-electron chi connectivity index (χ3n) is 4.87. The summed E-state index contributed by atoms with van der Waals surface area (Å²) in [6, 6.07) is 14.0. The SMILES string of the molecule is COc1ccccc1N1CCN(C(=O)[C@@H](C)Oc2cc(C)cc(C)c2)CC1. The molecule has 0 aromatic heterocycles. The smallest absolute Gasteiger partial charge is 0.263 e. The first-order valence-electron chi connectivity index (χ1n) is 9.39. The van der Waals surface area contributed by atoms with Crippen LogP contribution in [-0.4, -0.2) is 50.2 Å². The van der Waals surface area contributed by atoms with Crippen molar-refractivity contribution in [1.29, 1.82) is 0 Å². The van der Waals surface area contributed by atoms with Crippen LogP contribution in [-0.2, 0) is 4.79 Å². The molecule has 3 rings (SSSR count). The van der Waals surface area contributed by atoms with Crippen LogP contribution in [0.5, 0.6) is 11.5 Å². The molecular weight excluding hydrogens is 340 g/mol. The zero-order valence-electron chi connectivity index (χ0n) is 16.6. The van der Waals surface area contributed by atoms with Gasteiger partial charge in [-0.2, -0.15) is 0 Å². The van der Waals surface area contributed by atoms with Gasteiger partial charge in [-0.05, 0) is 56.2 Å². The number of nitrogens with zero attached hydrogens (tertiary/aromatic N) is 2. The summed E-state index contributed by atoms with van der Waals surface area (Å²) in [6.07, 6.45) is -0.496. The molecule has 0 unspecified atom stereocenters. The average molecular weight is 368 g/mol. The molecule has 1 heterocycles. The van der Waals surface area contributed by atoms with E-state index in [1.807, 2.05) is 56.0 Å². The van der Waals surface area contributed by atoms with Gasteiger partial charge in [0.15, 0.2) is 6.10 Å². The van der Waals surface area contributed by atoms with Gasteiger partial charge in [-0.15, -0.1) is 0 Å². The first kappa shape index (κ1) is 19.1. The summed E-state index contributed by atoms with van der Waals surface area (Å²) in [5, 5.41) is 0. The molecule has 0 radical (unpaired) electrons. The Balaban J connectivity index is 1.59. The highest BCUT2D eigenvalue weighted by Gasteiger charge is 2.27.